The summed E-state index contributed by atoms with van der Waals surface area (Å²) in [6.07, 6.45) is 3.54. The van der Waals surface area contributed by atoms with E-state index in [1.807, 2.05) is 60.8 Å². The summed E-state index contributed by atoms with van der Waals surface area (Å²) in [5.74, 6) is -0.562. The van der Waals surface area contributed by atoms with E-state index in [0.29, 0.717) is 28.5 Å². The molecule has 1 amide bonds. The van der Waals surface area contributed by atoms with Gasteiger partial charge in [-0.05, 0) is 41.1 Å². The molecule has 0 saturated carbocycles. The molecule has 0 unspecified atom stereocenters. The van der Waals surface area contributed by atoms with Crippen LogP contribution in [0.3, 0.4) is 0 Å². The molecule has 3 aromatic carbocycles. The smallest absolute Gasteiger partial charge is 0.260 e. The van der Waals surface area contributed by atoms with Crippen LogP contribution in [-0.4, -0.2) is 27.2 Å². The van der Waals surface area contributed by atoms with Gasteiger partial charge in [0.2, 0.25) is 0 Å². The number of nitrogens with zero attached hydrogens (tertiary/aromatic N) is 4. The Hall–Kier alpha value is -3.58. The Kier molecular flexibility index (Phi) is 4.72. The summed E-state index contributed by atoms with van der Waals surface area (Å²) in [6, 6.07) is 20.2. The normalized spacial score (nSPS) is 11.2. The van der Waals surface area contributed by atoms with Crippen molar-refractivity contribution in [3.63, 3.8) is 0 Å². The van der Waals surface area contributed by atoms with Crippen LogP contribution >= 0.6 is 11.3 Å². The molecule has 5 nitrogen and oxygen atoms in total. The molecule has 148 valence electrons. The monoisotopic (exact) mass is 416 g/mol. The Morgan fingerprint density at radius 1 is 1.03 bits per heavy atom. The zero-order chi connectivity index (χ0) is 20.5. The van der Waals surface area contributed by atoms with E-state index >= 15 is 0 Å². The van der Waals surface area contributed by atoms with Gasteiger partial charge in [-0.3, -0.25) is 14.4 Å². The predicted molar refractivity (Wildman–Crippen MR) is 117 cm³/mol. The molecule has 0 atom stereocenters. The van der Waals surface area contributed by atoms with Crippen LogP contribution in [0.25, 0.3) is 21.0 Å². The zero-order valence-electron chi connectivity index (χ0n) is 15.9. The molecule has 0 aliphatic heterocycles. The molecule has 0 N–H and O–H groups in total. The van der Waals surface area contributed by atoms with Gasteiger partial charge in [0, 0.05) is 24.5 Å². The molecule has 0 spiro atoms. The average molecular weight is 416 g/mol. The van der Waals surface area contributed by atoms with Crippen molar-refractivity contribution < 1.29 is 9.18 Å². The van der Waals surface area contributed by atoms with Crippen molar-refractivity contribution in [2.75, 3.05) is 11.4 Å². The zero-order valence-corrected chi connectivity index (χ0v) is 16.7. The lowest BCUT2D eigenvalue weighted by molar-refractivity contribution is 0.0986. The van der Waals surface area contributed by atoms with Gasteiger partial charge in [-0.15, -0.1) is 0 Å². The van der Waals surface area contributed by atoms with E-state index < -0.39 is 0 Å². The van der Waals surface area contributed by atoms with E-state index in [1.165, 1.54) is 17.4 Å². The summed E-state index contributed by atoms with van der Waals surface area (Å²) in [5.41, 5.74) is 0.849. The summed E-state index contributed by atoms with van der Waals surface area (Å²) < 4.78 is 16.7. The first kappa shape index (κ1) is 18.4. The van der Waals surface area contributed by atoms with E-state index in [0.717, 1.165) is 10.8 Å². The molecule has 5 rings (SSSR count). The maximum Gasteiger partial charge on any atom is 0.260 e. The highest BCUT2D eigenvalue weighted by Crippen LogP contribution is 2.31. The van der Waals surface area contributed by atoms with Crippen molar-refractivity contribution in [1.29, 1.82) is 0 Å². The number of hydrogen-bond acceptors (Lipinski definition) is 4. The number of fused-ring (bicyclic) bond motifs is 2. The molecule has 0 aliphatic carbocycles. The van der Waals surface area contributed by atoms with Gasteiger partial charge in [0.05, 0.1) is 11.2 Å². The largest absolute Gasteiger partial charge is 0.282 e. The second kappa shape index (κ2) is 7.68. The predicted octanol–water partition coefficient (Wildman–Crippen LogP) is 5.13. The number of halogens is 1. The lowest BCUT2D eigenvalue weighted by Gasteiger charge is -2.20. The molecular formula is C23H17FN4OS. The summed E-state index contributed by atoms with van der Waals surface area (Å²) in [7, 11) is 0. The van der Waals surface area contributed by atoms with Crippen LogP contribution in [0.1, 0.15) is 10.4 Å². The Labute approximate surface area is 176 Å². The minimum absolute atomic E-state index is 0.174. The lowest BCUT2D eigenvalue weighted by Crippen LogP contribution is -2.34. The van der Waals surface area contributed by atoms with Gasteiger partial charge in [-0.2, -0.15) is 5.10 Å². The Balaban J connectivity index is 1.54. The van der Waals surface area contributed by atoms with Crippen molar-refractivity contribution in [3.8, 4) is 0 Å². The molecule has 30 heavy (non-hydrogen) atoms. The standard InChI is InChI=1S/C23H17FN4OS/c24-19-7-3-8-20-21(19)26-23(30-20)28(14-13-27-12-4-11-25-27)22(29)18-10-9-16-5-1-2-6-17(16)15-18/h1-12,15H,13-14H2. The van der Waals surface area contributed by atoms with Crippen LogP contribution in [-0.2, 0) is 6.54 Å². The Morgan fingerprint density at radius 3 is 2.70 bits per heavy atom. The number of carbonyl (C=O) groups is 1. The number of anilines is 1. The SMILES string of the molecule is O=C(c1ccc2ccccc2c1)N(CCn1cccn1)c1nc2c(F)cccc2s1. The molecule has 0 bridgehead atoms. The van der Waals surface area contributed by atoms with Gasteiger partial charge in [0.1, 0.15) is 11.3 Å². The van der Waals surface area contributed by atoms with Crippen LogP contribution in [0.2, 0.25) is 0 Å². The van der Waals surface area contributed by atoms with Crippen LogP contribution in [0.4, 0.5) is 9.52 Å². The van der Waals surface area contributed by atoms with Crippen LogP contribution in [0.5, 0.6) is 0 Å². The number of amides is 1. The molecule has 7 heteroatoms. The quantitative estimate of drug-likeness (QED) is 0.399. The molecule has 0 radical (unpaired) electrons. The highest BCUT2D eigenvalue weighted by Gasteiger charge is 2.22. The summed E-state index contributed by atoms with van der Waals surface area (Å²) in [4.78, 5) is 19.5. The molecule has 5 aromatic rings. The van der Waals surface area contributed by atoms with Crippen molar-refractivity contribution in [1.82, 2.24) is 14.8 Å². The first-order valence-corrected chi connectivity index (χ1v) is 10.3. The van der Waals surface area contributed by atoms with Crippen molar-refractivity contribution in [3.05, 3.63) is 90.5 Å². The van der Waals surface area contributed by atoms with E-state index in [-0.39, 0.29) is 17.2 Å². The van der Waals surface area contributed by atoms with Crippen LogP contribution < -0.4 is 4.90 Å². The van der Waals surface area contributed by atoms with E-state index in [4.69, 9.17) is 0 Å². The Morgan fingerprint density at radius 2 is 1.90 bits per heavy atom. The topological polar surface area (TPSA) is 51.0 Å². The van der Waals surface area contributed by atoms with Crippen LogP contribution in [0, 0.1) is 5.82 Å². The molecule has 0 saturated heterocycles. The number of aromatic nitrogens is 3. The second-order valence-electron chi connectivity index (χ2n) is 6.87. The number of benzene rings is 3. The minimum Gasteiger partial charge on any atom is -0.282 e. The lowest BCUT2D eigenvalue weighted by atomic mass is 10.1. The highest BCUT2D eigenvalue weighted by atomic mass is 32.1. The third-order valence-electron chi connectivity index (χ3n) is 4.94. The summed E-state index contributed by atoms with van der Waals surface area (Å²) in [5, 5.41) is 6.75. The fourth-order valence-corrected chi connectivity index (χ4v) is 4.42. The molecule has 0 aliphatic rings. The van der Waals surface area contributed by atoms with E-state index in [1.54, 1.807) is 21.8 Å². The number of carbonyl (C=O) groups excluding carboxylic acids is 1. The van der Waals surface area contributed by atoms with Gasteiger partial charge < -0.3 is 0 Å². The Bertz CT molecular complexity index is 1350. The van der Waals surface area contributed by atoms with E-state index in [2.05, 4.69) is 10.1 Å². The summed E-state index contributed by atoms with van der Waals surface area (Å²) in [6.45, 7) is 0.875. The van der Waals surface area contributed by atoms with Gasteiger partial charge in [0.25, 0.3) is 5.91 Å². The fourth-order valence-electron chi connectivity index (χ4n) is 3.42. The number of para-hydroxylation sites is 1. The molecular weight excluding hydrogens is 399 g/mol. The van der Waals surface area contributed by atoms with Gasteiger partial charge in [0.15, 0.2) is 5.13 Å². The van der Waals surface area contributed by atoms with Gasteiger partial charge in [-0.1, -0.05) is 47.7 Å². The second-order valence-corrected chi connectivity index (χ2v) is 7.88. The van der Waals surface area contributed by atoms with Gasteiger partial charge >= 0.3 is 0 Å². The van der Waals surface area contributed by atoms with Crippen molar-refractivity contribution >= 4 is 43.4 Å². The first-order valence-electron chi connectivity index (χ1n) is 9.52. The van der Waals surface area contributed by atoms with Gasteiger partial charge in [-0.25, -0.2) is 9.37 Å². The first-order chi connectivity index (χ1) is 14.7. The minimum atomic E-state index is -0.389. The summed E-state index contributed by atoms with van der Waals surface area (Å²) >= 11 is 1.31. The molecule has 0 fully saturated rings. The number of rotatable bonds is 5. The maximum absolute atomic E-state index is 14.2. The van der Waals surface area contributed by atoms with Crippen molar-refractivity contribution in [2.45, 2.75) is 6.54 Å². The third-order valence-corrected chi connectivity index (χ3v) is 5.99. The number of hydrogen-bond donors (Lipinski definition) is 0. The van der Waals surface area contributed by atoms with Crippen molar-refractivity contribution in [2.24, 2.45) is 0 Å². The molecule has 2 aromatic heterocycles. The third kappa shape index (κ3) is 3.44. The molecule has 2 heterocycles. The number of thiazole rings is 1. The maximum atomic E-state index is 14.2. The average Bonchev–Trinajstić information content (AvgIpc) is 3.44. The highest BCUT2D eigenvalue weighted by molar-refractivity contribution is 7.22. The van der Waals surface area contributed by atoms with Crippen LogP contribution in [0.15, 0.2) is 79.1 Å². The fraction of sp³-hybridized carbons (Fsp3) is 0.0870. The van der Waals surface area contributed by atoms with E-state index in [9.17, 15) is 9.18 Å².